The molecule has 0 aromatic heterocycles. The number of nitrogens with zero attached hydrogens (tertiary/aromatic N) is 1. The summed E-state index contributed by atoms with van der Waals surface area (Å²) in [7, 11) is 1.75. The van der Waals surface area contributed by atoms with Crippen molar-refractivity contribution < 1.29 is 14.3 Å². The lowest BCUT2D eigenvalue weighted by atomic mass is 10.2. The van der Waals surface area contributed by atoms with Gasteiger partial charge in [0.15, 0.2) is 0 Å². The van der Waals surface area contributed by atoms with Gasteiger partial charge >= 0.3 is 0 Å². The zero-order valence-electron chi connectivity index (χ0n) is 11.4. The lowest BCUT2D eigenvalue weighted by molar-refractivity contribution is -0.121. The topological polar surface area (TPSA) is 78.6 Å². The van der Waals surface area contributed by atoms with Crippen molar-refractivity contribution in [3.8, 4) is 0 Å². The number of nitrogens with one attached hydrogen (secondary N) is 1. The minimum absolute atomic E-state index is 0.0115. The van der Waals surface area contributed by atoms with E-state index in [-0.39, 0.29) is 24.2 Å². The van der Waals surface area contributed by atoms with Gasteiger partial charge in [-0.05, 0) is 39.1 Å². The van der Waals surface area contributed by atoms with Gasteiger partial charge in [-0.3, -0.25) is 9.69 Å². The molecule has 19 heavy (non-hydrogen) atoms. The third-order valence-electron chi connectivity index (χ3n) is 3.21. The Balaban J connectivity index is 2.71. The Morgan fingerprint density at radius 3 is 2.68 bits per heavy atom. The first-order valence-corrected chi connectivity index (χ1v) is 6.05. The molecule has 4 N–H and O–H groups in total. The molecule has 5 nitrogen and oxygen atoms in total. The SMILES string of the molecule is CC(CO)N(C)C(C)C(=O)Nc1ccc(F)c(N)c1. The van der Waals surface area contributed by atoms with Gasteiger partial charge in [-0.1, -0.05) is 0 Å². The van der Waals surface area contributed by atoms with E-state index in [1.54, 1.807) is 18.9 Å². The average Bonchev–Trinajstić information content (AvgIpc) is 2.40. The van der Waals surface area contributed by atoms with Crippen LogP contribution in [-0.4, -0.2) is 41.7 Å². The smallest absolute Gasteiger partial charge is 0.241 e. The van der Waals surface area contributed by atoms with Crippen molar-refractivity contribution in [3.05, 3.63) is 24.0 Å². The predicted molar refractivity (Wildman–Crippen MR) is 73.2 cm³/mol. The molecule has 1 rings (SSSR count). The molecule has 1 aromatic carbocycles. The third-order valence-corrected chi connectivity index (χ3v) is 3.21. The highest BCUT2D eigenvalue weighted by Crippen LogP contribution is 2.17. The summed E-state index contributed by atoms with van der Waals surface area (Å²) in [5, 5.41) is 11.7. The van der Waals surface area contributed by atoms with Crippen molar-refractivity contribution in [3.63, 3.8) is 0 Å². The molecule has 1 aromatic rings. The Hall–Kier alpha value is -1.66. The van der Waals surface area contributed by atoms with Gasteiger partial charge in [0.05, 0.1) is 18.3 Å². The fraction of sp³-hybridized carbons (Fsp3) is 0.462. The van der Waals surface area contributed by atoms with Gasteiger partial charge in [-0.15, -0.1) is 0 Å². The Labute approximate surface area is 112 Å². The summed E-state index contributed by atoms with van der Waals surface area (Å²) in [6.07, 6.45) is 0. The van der Waals surface area contributed by atoms with E-state index in [1.165, 1.54) is 18.2 Å². The van der Waals surface area contributed by atoms with Gasteiger partial charge in [0.2, 0.25) is 5.91 Å². The second kappa shape index (κ2) is 6.49. The third kappa shape index (κ3) is 3.90. The number of rotatable bonds is 5. The number of aliphatic hydroxyl groups excluding tert-OH is 1. The van der Waals surface area contributed by atoms with Crippen LogP contribution in [0.25, 0.3) is 0 Å². The maximum atomic E-state index is 13.0. The maximum Gasteiger partial charge on any atom is 0.241 e. The molecule has 0 spiro atoms. The number of nitrogen functional groups attached to an aromatic ring is 1. The summed E-state index contributed by atoms with van der Waals surface area (Å²) >= 11 is 0. The molecular formula is C13H20FN3O2. The predicted octanol–water partition coefficient (Wildman–Crippen LogP) is 1.05. The summed E-state index contributed by atoms with van der Waals surface area (Å²) in [5.74, 6) is -0.758. The monoisotopic (exact) mass is 269 g/mol. The second-order valence-corrected chi connectivity index (χ2v) is 4.60. The van der Waals surface area contributed by atoms with Gasteiger partial charge in [-0.25, -0.2) is 4.39 Å². The van der Waals surface area contributed by atoms with Crippen LogP contribution in [0.2, 0.25) is 0 Å². The summed E-state index contributed by atoms with van der Waals surface area (Å²) in [6, 6.07) is 3.48. The van der Waals surface area contributed by atoms with Crippen molar-refractivity contribution in [2.45, 2.75) is 25.9 Å². The first-order valence-electron chi connectivity index (χ1n) is 6.05. The van der Waals surface area contributed by atoms with Crippen molar-refractivity contribution >= 4 is 17.3 Å². The highest BCUT2D eigenvalue weighted by atomic mass is 19.1. The van der Waals surface area contributed by atoms with E-state index in [1.807, 2.05) is 6.92 Å². The Kier molecular flexibility index (Phi) is 5.26. The van der Waals surface area contributed by atoms with Crippen LogP contribution in [-0.2, 0) is 4.79 Å². The molecule has 6 heteroatoms. The molecule has 2 atom stereocenters. The van der Waals surface area contributed by atoms with Crippen molar-refractivity contribution in [2.75, 3.05) is 24.7 Å². The number of benzene rings is 1. The number of nitrogens with two attached hydrogens (primary N) is 1. The van der Waals surface area contributed by atoms with Crippen LogP contribution in [0.5, 0.6) is 0 Å². The first kappa shape index (κ1) is 15.4. The van der Waals surface area contributed by atoms with Gasteiger partial charge < -0.3 is 16.2 Å². The Bertz CT molecular complexity index is 454. The van der Waals surface area contributed by atoms with E-state index >= 15 is 0 Å². The number of amides is 1. The summed E-state index contributed by atoms with van der Waals surface area (Å²) < 4.78 is 13.0. The summed E-state index contributed by atoms with van der Waals surface area (Å²) in [5.41, 5.74) is 5.87. The maximum absolute atomic E-state index is 13.0. The fourth-order valence-electron chi connectivity index (χ4n) is 1.56. The van der Waals surface area contributed by atoms with E-state index < -0.39 is 11.9 Å². The highest BCUT2D eigenvalue weighted by Gasteiger charge is 2.21. The van der Waals surface area contributed by atoms with Crippen molar-refractivity contribution in [1.29, 1.82) is 0 Å². The van der Waals surface area contributed by atoms with Gasteiger partial charge in [0.25, 0.3) is 0 Å². The number of likely N-dealkylation sites (N-methyl/N-ethyl adjacent to an activating group) is 1. The van der Waals surface area contributed by atoms with E-state index in [9.17, 15) is 9.18 Å². The van der Waals surface area contributed by atoms with Crippen LogP contribution in [0, 0.1) is 5.82 Å². The van der Waals surface area contributed by atoms with Crippen molar-refractivity contribution in [2.24, 2.45) is 0 Å². The number of hydrogen-bond donors (Lipinski definition) is 3. The molecule has 0 heterocycles. The minimum Gasteiger partial charge on any atom is -0.396 e. The normalized spacial score (nSPS) is 14.2. The first-order chi connectivity index (χ1) is 8.86. The molecule has 0 aliphatic carbocycles. The van der Waals surface area contributed by atoms with Crippen LogP contribution < -0.4 is 11.1 Å². The van der Waals surface area contributed by atoms with Crippen LogP contribution in [0.3, 0.4) is 0 Å². The number of anilines is 2. The van der Waals surface area contributed by atoms with E-state index in [2.05, 4.69) is 5.32 Å². The molecule has 2 unspecified atom stereocenters. The molecule has 0 fully saturated rings. The lowest BCUT2D eigenvalue weighted by Gasteiger charge is -2.28. The molecule has 0 saturated carbocycles. The van der Waals surface area contributed by atoms with Crippen LogP contribution in [0.1, 0.15) is 13.8 Å². The molecule has 1 amide bonds. The molecule has 106 valence electrons. The summed E-state index contributed by atoms with van der Waals surface area (Å²) in [6.45, 7) is 3.52. The zero-order chi connectivity index (χ0) is 14.6. The van der Waals surface area contributed by atoms with Crippen LogP contribution in [0.15, 0.2) is 18.2 Å². The molecular weight excluding hydrogens is 249 g/mol. The number of halogens is 1. The van der Waals surface area contributed by atoms with E-state index in [0.717, 1.165) is 0 Å². The molecule has 0 aliphatic rings. The number of aliphatic hydroxyl groups is 1. The van der Waals surface area contributed by atoms with Crippen LogP contribution in [0.4, 0.5) is 15.8 Å². The second-order valence-electron chi connectivity index (χ2n) is 4.60. The molecule has 0 aliphatic heterocycles. The van der Waals surface area contributed by atoms with E-state index in [0.29, 0.717) is 5.69 Å². The average molecular weight is 269 g/mol. The van der Waals surface area contributed by atoms with Gasteiger partial charge in [-0.2, -0.15) is 0 Å². The van der Waals surface area contributed by atoms with Crippen LogP contribution >= 0.6 is 0 Å². The Morgan fingerprint density at radius 1 is 1.53 bits per heavy atom. The highest BCUT2D eigenvalue weighted by molar-refractivity contribution is 5.94. The number of hydrogen-bond acceptors (Lipinski definition) is 4. The quantitative estimate of drug-likeness (QED) is 0.698. The standard InChI is InChI=1S/C13H20FN3O2/c1-8(7-18)17(3)9(2)13(19)16-10-4-5-11(14)12(15)6-10/h4-6,8-9,18H,7,15H2,1-3H3,(H,16,19). The largest absolute Gasteiger partial charge is 0.396 e. The van der Waals surface area contributed by atoms with Crippen molar-refractivity contribution in [1.82, 2.24) is 4.90 Å². The number of carbonyl (C=O) groups excluding carboxylic acids is 1. The number of carbonyl (C=O) groups is 1. The summed E-state index contributed by atoms with van der Waals surface area (Å²) in [4.78, 5) is 13.8. The molecule has 0 radical (unpaired) electrons. The minimum atomic E-state index is -0.517. The van der Waals surface area contributed by atoms with E-state index in [4.69, 9.17) is 10.8 Å². The zero-order valence-corrected chi connectivity index (χ0v) is 11.4. The lowest BCUT2D eigenvalue weighted by Crippen LogP contribution is -2.45. The fourth-order valence-corrected chi connectivity index (χ4v) is 1.56. The van der Waals surface area contributed by atoms with Gasteiger partial charge in [0, 0.05) is 11.7 Å². The molecule has 0 saturated heterocycles. The Morgan fingerprint density at radius 2 is 2.16 bits per heavy atom. The molecule has 0 bridgehead atoms. The van der Waals surface area contributed by atoms with Gasteiger partial charge in [0.1, 0.15) is 5.82 Å².